The van der Waals surface area contributed by atoms with E-state index in [1.165, 1.54) is 5.56 Å². The molecule has 0 aliphatic carbocycles. The van der Waals surface area contributed by atoms with Crippen LogP contribution in [0.25, 0.3) is 0 Å². The molecule has 2 aromatic rings. The van der Waals surface area contributed by atoms with Crippen molar-refractivity contribution in [1.29, 1.82) is 0 Å². The van der Waals surface area contributed by atoms with Gasteiger partial charge in [0.05, 0.1) is 18.1 Å². The Balaban J connectivity index is 1.64. The van der Waals surface area contributed by atoms with Gasteiger partial charge in [-0.15, -0.1) is 0 Å². The zero-order chi connectivity index (χ0) is 19.9. The van der Waals surface area contributed by atoms with Gasteiger partial charge in [0.15, 0.2) is 11.5 Å². The molecular weight excluding hydrogens is 356 g/mol. The molecule has 2 aliphatic heterocycles. The van der Waals surface area contributed by atoms with Crippen molar-refractivity contribution in [2.24, 2.45) is 11.8 Å². The van der Waals surface area contributed by atoms with Crippen LogP contribution in [-0.4, -0.2) is 27.9 Å². The Morgan fingerprint density at radius 1 is 1.14 bits per heavy atom. The maximum absolute atomic E-state index is 12.0. The Hall–Kier alpha value is -2.53. The Morgan fingerprint density at radius 2 is 1.89 bits per heavy atom. The molecule has 2 N–H and O–H groups in total. The maximum atomic E-state index is 12.0. The zero-order valence-electron chi connectivity index (χ0n) is 16.2. The third-order valence-electron chi connectivity index (χ3n) is 6.11. The Kier molecular flexibility index (Phi) is 4.79. The molecule has 0 unspecified atom stereocenters. The molecule has 0 spiro atoms. The van der Waals surface area contributed by atoms with Crippen LogP contribution in [0.2, 0.25) is 0 Å². The van der Waals surface area contributed by atoms with E-state index in [0.717, 1.165) is 12.0 Å². The molecule has 2 heterocycles. The van der Waals surface area contributed by atoms with Crippen LogP contribution in [0.4, 0.5) is 0 Å². The van der Waals surface area contributed by atoms with Gasteiger partial charge in [-0.1, -0.05) is 42.5 Å². The zero-order valence-corrected chi connectivity index (χ0v) is 16.2. The second-order valence-electron chi connectivity index (χ2n) is 8.31. The summed E-state index contributed by atoms with van der Waals surface area (Å²) in [4.78, 5) is 12.0. The fourth-order valence-corrected chi connectivity index (χ4v) is 4.56. The molecule has 0 aromatic heterocycles. The van der Waals surface area contributed by atoms with Gasteiger partial charge in [-0.25, -0.2) is 0 Å². The molecule has 0 saturated carbocycles. The van der Waals surface area contributed by atoms with Gasteiger partial charge in [-0.2, -0.15) is 0 Å². The summed E-state index contributed by atoms with van der Waals surface area (Å²) in [6.45, 7) is 3.87. The van der Waals surface area contributed by atoms with Gasteiger partial charge in [-0.3, -0.25) is 4.79 Å². The molecule has 0 radical (unpaired) electrons. The minimum Gasteiger partial charge on any atom is -0.504 e. The summed E-state index contributed by atoms with van der Waals surface area (Å²) >= 11 is 0. The minimum absolute atomic E-state index is 0.0915. The van der Waals surface area contributed by atoms with Crippen LogP contribution in [0, 0.1) is 11.8 Å². The molecule has 5 heteroatoms. The number of aromatic hydroxyl groups is 1. The topological polar surface area (TPSA) is 76.0 Å². The van der Waals surface area contributed by atoms with Gasteiger partial charge in [-0.05, 0) is 44.7 Å². The predicted molar refractivity (Wildman–Crippen MR) is 104 cm³/mol. The monoisotopic (exact) mass is 382 g/mol. The predicted octanol–water partition coefficient (Wildman–Crippen LogP) is 4.34. The molecule has 4 atom stereocenters. The number of phenols is 1. The highest BCUT2D eigenvalue weighted by atomic mass is 16.5. The van der Waals surface area contributed by atoms with E-state index in [-0.39, 0.29) is 23.9 Å². The third-order valence-corrected chi connectivity index (χ3v) is 6.11. The lowest BCUT2D eigenvalue weighted by atomic mass is 9.71. The highest BCUT2D eigenvalue weighted by Gasteiger charge is 2.52. The summed E-state index contributed by atoms with van der Waals surface area (Å²) in [6.07, 6.45) is 1.21. The van der Waals surface area contributed by atoms with Crippen LogP contribution in [0.3, 0.4) is 0 Å². The van der Waals surface area contributed by atoms with E-state index in [1.54, 1.807) is 12.1 Å². The average molecular weight is 382 g/mol. The number of carboxylic acid groups (broad SMARTS) is 1. The Bertz CT molecular complexity index is 861. The van der Waals surface area contributed by atoms with Crippen LogP contribution < -0.4 is 4.74 Å². The lowest BCUT2D eigenvalue weighted by Gasteiger charge is -2.50. The van der Waals surface area contributed by atoms with Gasteiger partial charge in [0.2, 0.25) is 0 Å². The molecule has 1 saturated heterocycles. The number of para-hydroxylation sites is 1. The molecule has 28 heavy (non-hydrogen) atoms. The number of aryl methyl sites for hydroxylation is 1. The first kappa shape index (κ1) is 18.8. The highest BCUT2D eigenvalue weighted by Crippen LogP contribution is 2.54. The number of fused-ring (bicyclic) bond motifs is 3. The van der Waals surface area contributed by atoms with Crippen LogP contribution >= 0.6 is 0 Å². The van der Waals surface area contributed by atoms with Crippen molar-refractivity contribution in [1.82, 2.24) is 0 Å². The summed E-state index contributed by atoms with van der Waals surface area (Å²) in [5, 5.41) is 20.1. The summed E-state index contributed by atoms with van der Waals surface area (Å²) < 4.78 is 12.5. The smallest absolute Gasteiger partial charge is 0.309 e. The van der Waals surface area contributed by atoms with Crippen molar-refractivity contribution in [3.63, 3.8) is 0 Å². The van der Waals surface area contributed by atoms with Crippen molar-refractivity contribution < 1.29 is 24.5 Å². The number of rotatable bonds is 4. The lowest BCUT2D eigenvalue weighted by molar-refractivity contribution is -0.188. The van der Waals surface area contributed by atoms with Crippen molar-refractivity contribution in [2.45, 2.75) is 50.9 Å². The summed E-state index contributed by atoms with van der Waals surface area (Å²) in [5.74, 6) is -0.963. The first-order chi connectivity index (χ1) is 13.4. The number of benzene rings is 2. The number of carboxylic acids is 1. The fraction of sp³-hybridized carbons (Fsp3) is 0.435. The number of carbonyl (C=O) groups is 1. The van der Waals surface area contributed by atoms with Gasteiger partial charge in [0.25, 0.3) is 0 Å². The molecule has 2 aromatic carbocycles. The van der Waals surface area contributed by atoms with Crippen LogP contribution in [0.15, 0.2) is 48.5 Å². The second-order valence-corrected chi connectivity index (χ2v) is 8.31. The van der Waals surface area contributed by atoms with Gasteiger partial charge in [0, 0.05) is 11.5 Å². The quantitative estimate of drug-likeness (QED) is 0.822. The van der Waals surface area contributed by atoms with Gasteiger partial charge >= 0.3 is 5.97 Å². The molecule has 148 valence electrons. The van der Waals surface area contributed by atoms with Gasteiger partial charge in [0.1, 0.15) is 5.60 Å². The summed E-state index contributed by atoms with van der Waals surface area (Å²) in [6, 6.07) is 15.3. The molecule has 2 aliphatic rings. The van der Waals surface area contributed by atoms with E-state index in [2.05, 4.69) is 0 Å². The van der Waals surface area contributed by atoms with Gasteiger partial charge < -0.3 is 19.7 Å². The standard InChI is InChI=1S/C23H26O5/c1-23(2)17-13-16(22(25)26)19(12-11-14-7-4-3-5-8-14)27-20(17)15-9-6-10-18(24)21(15)28-23/h3-10,16-17,19-20,24H,11-13H2,1-2H3,(H,25,26)/t16-,17-,19-,20+/m1/s1. The van der Waals surface area contributed by atoms with E-state index < -0.39 is 17.5 Å². The number of hydrogen-bond donors (Lipinski definition) is 2. The molecule has 1 fully saturated rings. The van der Waals surface area contributed by atoms with Crippen molar-refractivity contribution in [3.05, 3.63) is 59.7 Å². The third kappa shape index (κ3) is 3.35. The Labute approximate surface area is 164 Å². The Morgan fingerprint density at radius 3 is 2.61 bits per heavy atom. The molecule has 5 nitrogen and oxygen atoms in total. The molecular formula is C23H26O5. The van der Waals surface area contributed by atoms with Crippen molar-refractivity contribution in [2.75, 3.05) is 0 Å². The van der Waals surface area contributed by atoms with E-state index in [9.17, 15) is 15.0 Å². The highest BCUT2D eigenvalue weighted by molar-refractivity contribution is 5.71. The number of ether oxygens (including phenoxy) is 2. The van der Waals surface area contributed by atoms with Crippen molar-refractivity contribution in [3.8, 4) is 11.5 Å². The SMILES string of the molecule is CC1(C)Oc2c(O)cccc2[C@@H]2O[C@H](CCc3ccccc3)[C@H](C(=O)O)C[C@H]21. The fourth-order valence-electron chi connectivity index (χ4n) is 4.56. The van der Waals surface area contributed by atoms with Crippen molar-refractivity contribution >= 4 is 5.97 Å². The molecule has 0 bridgehead atoms. The van der Waals surface area contributed by atoms with Crippen LogP contribution in [0.5, 0.6) is 11.5 Å². The van der Waals surface area contributed by atoms with E-state index in [1.807, 2.05) is 50.2 Å². The average Bonchev–Trinajstić information content (AvgIpc) is 2.67. The number of hydrogen-bond acceptors (Lipinski definition) is 4. The summed E-state index contributed by atoms with van der Waals surface area (Å²) in [5.41, 5.74) is 1.34. The van der Waals surface area contributed by atoms with E-state index >= 15 is 0 Å². The number of aliphatic carboxylic acids is 1. The number of phenolic OH excluding ortho intramolecular Hbond substituents is 1. The van der Waals surface area contributed by atoms with Crippen LogP contribution in [-0.2, 0) is 16.0 Å². The summed E-state index contributed by atoms with van der Waals surface area (Å²) in [7, 11) is 0. The lowest BCUT2D eigenvalue weighted by Crippen LogP contribution is -2.52. The van der Waals surface area contributed by atoms with E-state index in [4.69, 9.17) is 9.47 Å². The normalized spacial score (nSPS) is 27.9. The minimum atomic E-state index is -0.825. The molecule has 0 amide bonds. The molecule has 4 rings (SSSR count). The second kappa shape index (κ2) is 7.13. The van der Waals surface area contributed by atoms with E-state index in [0.29, 0.717) is 18.6 Å². The first-order valence-corrected chi connectivity index (χ1v) is 9.80. The maximum Gasteiger partial charge on any atom is 0.309 e. The largest absolute Gasteiger partial charge is 0.504 e. The van der Waals surface area contributed by atoms with Crippen LogP contribution in [0.1, 0.15) is 43.9 Å². The first-order valence-electron chi connectivity index (χ1n) is 9.80.